The number of benzene rings is 1. The molecule has 24 heavy (non-hydrogen) atoms. The molecule has 5 heteroatoms. The van der Waals surface area contributed by atoms with Crippen molar-refractivity contribution in [3.05, 3.63) is 51.9 Å². The zero-order valence-electron chi connectivity index (χ0n) is 13.4. The number of amides is 2. The molecule has 3 N–H and O–H groups in total. The minimum Gasteiger partial charge on any atom is -0.365 e. The molecule has 2 unspecified atom stereocenters. The molecule has 4 nitrogen and oxygen atoms in total. The van der Waals surface area contributed by atoms with E-state index in [9.17, 15) is 9.59 Å². The van der Waals surface area contributed by atoms with E-state index in [1.54, 1.807) is 0 Å². The number of thiophene rings is 1. The van der Waals surface area contributed by atoms with Crippen LogP contribution in [0.1, 0.15) is 51.5 Å². The van der Waals surface area contributed by atoms with E-state index in [1.165, 1.54) is 21.8 Å². The predicted octanol–water partition coefficient (Wildman–Crippen LogP) is 3.47. The van der Waals surface area contributed by atoms with Crippen molar-refractivity contribution in [1.29, 1.82) is 0 Å². The van der Waals surface area contributed by atoms with Crippen LogP contribution in [-0.4, -0.2) is 11.8 Å². The lowest BCUT2D eigenvalue weighted by molar-refractivity contribution is -0.117. The second-order valence-corrected chi connectivity index (χ2v) is 7.73. The van der Waals surface area contributed by atoms with Crippen molar-refractivity contribution < 1.29 is 9.59 Å². The molecule has 2 aliphatic rings. The standard InChI is InChI=1S/C19H20N2O2S/c20-17(22)16-12-8-4-5-9-15(12)24-19(16)21-18(23)14-10-13(14)11-6-2-1-3-7-11/h1-3,6-7,13-14H,4-5,8-10H2,(H2,20,22)(H,21,23). The van der Waals surface area contributed by atoms with Crippen molar-refractivity contribution in [1.82, 2.24) is 0 Å². The largest absolute Gasteiger partial charge is 0.365 e. The monoisotopic (exact) mass is 340 g/mol. The van der Waals surface area contributed by atoms with E-state index in [4.69, 9.17) is 5.73 Å². The molecule has 4 rings (SSSR count). The second-order valence-electron chi connectivity index (χ2n) is 6.63. The van der Waals surface area contributed by atoms with Crippen LogP contribution in [0, 0.1) is 5.92 Å². The summed E-state index contributed by atoms with van der Waals surface area (Å²) in [6.45, 7) is 0. The number of carbonyl (C=O) groups is 2. The first-order valence-corrected chi connectivity index (χ1v) is 9.27. The van der Waals surface area contributed by atoms with Crippen molar-refractivity contribution in [3.63, 3.8) is 0 Å². The minimum absolute atomic E-state index is 0.00458. The molecular formula is C19H20N2O2S. The molecule has 2 amide bonds. The fraction of sp³-hybridized carbons (Fsp3) is 0.368. The Kier molecular flexibility index (Phi) is 3.88. The Balaban J connectivity index is 1.53. The first kappa shape index (κ1) is 15.4. The number of hydrogen-bond donors (Lipinski definition) is 2. The first-order valence-electron chi connectivity index (χ1n) is 8.45. The molecule has 0 bridgehead atoms. The van der Waals surface area contributed by atoms with Crippen LogP contribution in [0.4, 0.5) is 5.00 Å². The topological polar surface area (TPSA) is 72.2 Å². The van der Waals surface area contributed by atoms with Gasteiger partial charge >= 0.3 is 0 Å². The molecule has 1 heterocycles. The Bertz CT molecular complexity index is 797. The zero-order valence-corrected chi connectivity index (χ0v) is 14.2. The summed E-state index contributed by atoms with van der Waals surface area (Å²) in [4.78, 5) is 25.7. The van der Waals surface area contributed by atoms with Gasteiger partial charge in [-0.15, -0.1) is 11.3 Å². The van der Waals surface area contributed by atoms with Crippen molar-refractivity contribution in [2.45, 2.75) is 38.0 Å². The second kappa shape index (κ2) is 6.06. The van der Waals surface area contributed by atoms with Gasteiger partial charge in [-0.25, -0.2) is 0 Å². The Morgan fingerprint density at radius 3 is 2.62 bits per heavy atom. The van der Waals surface area contributed by atoms with Gasteiger partial charge in [0, 0.05) is 10.8 Å². The van der Waals surface area contributed by atoms with Gasteiger partial charge in [-0.2, -0.15) is 0 Å². The van der Waals surface area contributed by atoms with Gasteiger partial charge in [0.25, 0.3) is 5.91 Å². The molecule has 2 aromatic rings. The third-order valence-electron chi connectivity index (χ3n) is 5.01. The minimum atomic E-state index is -0.430. The van der Waals surface area contributed by atoms with Crippen LogP contribution in [0.5, 0.6) is 0 Å². The summed E-state index contributed by atoms with van der Waals surface area (Å²) in [6.07, 6.45) is 4.95. The summed E-state index contributed by atoms with van der Waals surface area (Å²) in [5, 5.41) is 3.64. The summed E-state index contributed by atoms with van der Waals surface area (Å²) in [5.41, 5.74) is 8.39. The summed E-state index contributed by atoms with van der Waals surface area (Å²) in [7, 11) is 0. The van der Waals surface area contributed by atoms with E-state index in [0.29, 0.717) is 10.6 Å². The summed E-state index contributed by atoms with van der Waals surface area (Å²) >= 11 is 1.53. The van der Waals surface area contributed by atoms with Gasteiger partial charge in [0.05, 0.1) is 5.56 Å². The van der Waals surface area contributed by atoms with E-state index < -0.39 is 5.91 Å². The van der Waals surface area contributed by atoms with Crippen LogP contribution < -0.4 is 11.1 Å². The van der Waals surface area contributed by atoms with E-state index in [0.717, 1.165) is 37.7 Å². The highest BCUT2D eigenvalue weighted by Crippen LogP contribution is 2.48. The average molecular weight is 340 g/mol. The molecule has 1 saturated carbocycles. The summed E-state index contributed by atoms with van der Waals surface area (Å²) in [6, 6.07) is 10.1. The number of primary amides is 1. The molecule has 1 aromatic heterocycles. The molecule has 0 spiro atoms. The van der Waals surface area contributed by atoms with Crippen LogP contribution in [0.2, 0.25) is 0 Å². The van der Waals surface area contributed by atoms with Crippen LogP contribution in [0.15, 0.2) is 30.3 Å². The predicted molar refractivity (Wildman–Crippen MR) is 95.4 cm³/mol. The number of nitrogens with one attached hydrogen (secondary N) is 1. The van der Waals surface area contributed by atoms with E-state index >= 15 is 0 Å². The number of fused-ring (bicyclic) bond motifs is 1. The highest BCUT2D eigenvalue weighted by atomic mass is 32.1. The number of rotatable bonds is 4. The smallest absolute Gasteiger partial charge is 0.251 e. The van der Waals surface area contributed by atoms with E-state index in [-0.39, 0.29) is 17.7 Å². The highest BCUT2D eigenvalue weighted by Gasteiger charge is 2.44. The normalized spacial score (nSPS) is 21.8. The summed E-state index contributed by atoms with van der Waals surface area (Å²) in [5.74, 6) is -0.143. The van der Waals surface area contributed by atoms with E-state index in [1.807, 2.05) is 18.2 Å². The molecule has 1 aromatic carbocycles. The Morgan fingerprint density at radius 1 is 1.12 bits per heavy atom. The van der Waals surface area contributed by atoms with Crippen molar-refractivity contribution >= 4 is 28.2 Å². The third kappa shape index (κ3) is 2.73. The number of anilines is 1. The van der Waals surface area contributed by atoms with Crippen LogP contribution in [-0.2, 0) is 17.6 Å². The average Bonchev–Trinajstić information content (AvgIpc) is 3.30. The fourth-order valence-electron chi connectivity index (χ4n) is 3.67. The van der Waals surface area contributed by atoms with Crippen LogP contribution >= 0.6 is 11.3 Å². The number of carbonyl (C=O) groups excluding carboxylic acids is 2. The molecule has 1 fully saturated rings. The molecule has 0 radical (unpaired) electrons. The van der Waals surface area contributed by atoms with Gasteiger partial charge in [-0.05, 0) is 49.1 Å². The maximum Gasteiger partial charge on any atom is 0.251 e. The van der Waals surface area contributed by atoms with Gasteiger partial charge in [0.1, 0.15) is 5.00 Å². The molecule has 2 aliphatic carbocycles. The van der Waals surface area contributed by atoms with Crippen molar-refractivity contribution in [2.24, 2.45) is 11.7 Å². The highest BCUT2D eigenvalue weighted by molar-refractivity contribution is 7.17. The zero-order chi connectivity index (χ0) is 16.7. The van der Waals surface area contributed by atoms with Gasteiger partial charge in [-0.1, -0.05) is 30.3 Å². The Morgan fingerprint density at radius 2 is 1.88 bits per heavy atom. The maximum absolute atomic E-state index is 12.6. The number of nitrogens with two attached hydrogens (primary N) is 1. The lowest BCUT2D eigenvalue weighted by Crippen LogP contribution is -2.19. The van der Waals surface area contributed by atoms with E-state index in [2.05, 4.69) is 17.4 Å². The molecule has 124 valence electrons. The van der Waals surface area contributed by atoms with Gasteiger partial charge in [0.2, 0.25) is 5.91 Å². The van der Waals surface area contributed by atoms with Crippen LogP contribution in [0.3, 0.4) is 0 Å². The van der Waals surface area contributed by atoms with Gasteiger partial charge < -0.3 is 11.1 Å². The fourth-order valence-corrected chi connectivity index (χ4v) is 4.97. The third-order valence-corrected chi connectivity index (χ3v) is 6.22. The van der Waals surface area contributed by atoms with Gasteiger partial charge in [-0.3, -0.25) is 9.59 Å². The quantitative estimate of drug-likeness (QED) is 0.894. The Labute approximate surface area is 145 Å². The number of aryl methyl sites for hydroxylation is 1. The SMILES string of the molecule is NC(=O)c1c(NC(=O)C2CC2c2ccccc2)sc2c1CCCC2. The summed E-state index contributed by atoms with van der Waals surface area (Å²) < 4.78 is 0. The molecule has 0 saturated heterocycles. The molecular weight excluding hydrogens is 320 g/mol. The van der Waals surface area contributed by atoms with Crippen molar-refractivity contribution in [3.8, 4) is 0 Å². The number of hydrogen-bond acceptors (Lipinski definition) is 3. The lowest BCUT2D eigenvalue weighted by Gasteiger charge is -2.11. The Hall–Kier alpha value is -2.14. The molecule has 2 atom stereocenters. The maximum atomic E-state index is 12.6. The van der Waals surface area contributed by atoms with Crippen LogP contribution in [0.25, 0.3) is 0 Å². The first-order chi connectivity index (χ1) is 11.6. The lowest BCUT2D eigenvalue weighted by atomic mass is 9.95. The van der Waals surface area contributed by atoms with Crippen molar-refractivity contribution in [2.75, 3.05) is 5.32 Å². The molecule has 0 aliphatic heterocycles. The van der Waals surface area contributed by atoms with Gasteiger partial charge in [0.15, 0.2) is 0 Å².